The van der Waals surface area contributed by atoms with E-state index in [-0.39, 0.29) is 37.5 Å². The van der Waals surface area contributed by atoms with Crippen molar-refractivity contribution < 1.29 is 41.1 Å². The third-order valence-corrected chi connectivity index (χ3v) is 8.51. The van der Waals surface area contributed by atoms with Gasteiger partial charge in [-0.25, -0.2) is 8.78 Å². The SMILES string of the molecule is N#C[C@@H](C[C@H]1CCCNC1=O)NC(=O)[C@@H]1[C@H]2CC[C@H](CC2(F)F)N1C(=O)[C@H](CC1CCC1)NC(=O)C(F)(F)F. The summed E-state index contributed by atoms with van der Waals surface area (Å²) in [5.74, 6) is -10.2. The second-order valence-corrected chi connectivity index (χ2v) is 11.1. The van der Waals surface area contributed by atoms with Crippen molar-refractivity contribution in [3.63, 3.8) is 0 Å². The van der Waals surface area contributed by atoms with Crippen LogP contribution in [0.3, 0.4) is 0 Å². The molecule has 3 N–H and O–H groups in total. The molecule has 2 aliphatic carbocycles. The van der Waals surface area contributed by atoms with Crippen LogP contribution in [-0.4, -0.2) is 71.3 Å². The van der Waals surface area contributed by atoms with E-state index < -0.39 is 72.2 Å². The number of piperidine rings is 3. The normalized spacial score (nSPS) is 29.8. The van der Waals surface area contributed by atoms with Gasteiger partial charge in [0.15, 0.2) is 0 Å². The van der Waals surface area contributed by atoms with Crippen molar-refractivity contribution in [1.82, 2.24) is 20.9 Å². The van der Waals surface area contributed by atoms with Crippen LogP contribution in [0.2, 0.25) is 0 Å². The molecule has 216 valence electrons. The largest absolute Gasteiger partial charge is 0.471 e. The van der Waals surface area contributed by atoms with E-state index in [1.807, 2.05) is 6.07 Å². The molecule has 6 atom stereocenters. The molecule has 9 nitrogen and oxygen atoms in total. The van der Waals surface area contributed by atoms with Gasteiger partial charge in [0, 0.05) is 24.9 Å². The number of nitrogens with zero attached hydrogens (tertiary/aromatic N) is 2. The predicted octanol–water partition coefficient (Wildman–Crippen LogP) is 2.16. The Bertz CT molecular complexity index is 1030. The molecular weight excluding hydrogens is 529 g/mol. The molecule has 3 heterocycles. The lowest BCUT2D eigenvalue weighted by molar-refractivity contribution is -0.196. The minimum Gasteiger partial charge on any atom is -0.356 e. The molecule has 14 heteroatoms. The maximum Gasteiger partial charge on any atom is 0.471 e. The number of alkyl halides is 5. The lowest BCUT2D eigenvalue weighted by Gasteiger charge is -2.54. The van der Waals surface area contributed by atoms with Gasteiger partial charge in [0.2, 0.25) is 17.7 Å². The van der Waals surface area contributed by atoms with Crippen molar-refractivity contribution in [3.05, 3.63) is 0 Å². The highest BCUT2D eigenvalue weighted by Gasteiger charge is 2.61. The van der Waals surface area contributed by atoms with E-state index in [2.05, 4.69) is 10.6 Å². The van der Waals surface area contributed by atoms with Crippen molar-refractivity contribution in [3.8, 4) is 6.07 Å². The lowest BCUT2D eigenvalue weighted by atomic mass is 9.71. The molecule has 0 aromatic rings. The third kappa shape index (κ3) is 6.27. The molecular formula is C25H32F5N5O4. The predicted molar refractivity (Wildman–Crippen MR) is 125 cm³/mol. The molecule has 5 aliphatic rings. The summed E-state index contributed by atoms with van der Waals surface area (Å²) in [6, 6.07) is -3.82. The molecule has 3 aliphatic heterocycles. The number of nitrogens with one attached hydrogen (secondary N) is 3. The first-order chi connectivity index (χ1) is 18.3. The summed E-state index contributed by atoms with van der Waals surface area (Å²) in [5, 5.41) is 16.4. The van der Waals surface area contributed by atoms with E-state index in [1.165, 1.54) is 0 Å². The molecule has 3 saturated heterocycles. The maximum atomic E-state index is 15.0. The van der Waals surface area contributed by atoms with Crippen LogP contribution in [-0.2, 0) is 19.2 Å². The summed E-state index contributed by atoms with van der Waals surface area (Å²) in [4.78, 5) is 51.9. The molecule has 0 aromatic heterocycles. The fraction of sp³-hybridized carbons (Fsp3) is 0.800. The van der Waals surface area contributed by atoms with Gasteiger partial charge < -0.3 is 20.9 Å². The molecule has 0 unspecified atom stereocenters. The number of amides is 4. The summed E-state index contributed by atoms with van der Waals surface area (Å²) in [6.45, 7) is 0.489. The Balaban J connectivity index is 1.57. The number of halogens is 5. The Kier molecular flexibility index (Phi) is 8.37. The molecule has 4 amide bonds. The molecule has 2 bridgehead atoms. The Morgan fingerprint density at radius 1 is 1.08 bits per heavy atom. The van der Waals surface area contributed by atoms with Crippen molar-refractivity contribution in [2.75, 3.05) is 6.54 Å². The highest BCUT2D eigenvalue weighted by Crippen LogP contribution is 2.49. The minimum atomic E-state index is -5.26. The smallest absolute Gasteiger partial charge is 0.356 e. The van der Waals surface area contributed by atoms with Gasteiger partial charge in [0.05, 0.1) is 12.0 Å². The van der Waals surface area contributed by atoms with Gasteiger partial charge in [-0.2, -0.15) is 18.4 Å². The highest BCUT2D eigenvalue weighted by molar-refractivity contribution is 5.94. The standard InChI is InChI=1S/C25H32F5N5O4/c26-24(27)11-16-6-7-17(24)19(21(37)33-15(12-31)10-14-5-2-8-32-20(14)36)35(16)22(38)18(9-13-3-1-4-13)34-23(39)25(28,29)30/h13-19H,1-11H2,(H,32,36)(H,33,37)(H,34,39)/t14-,15-,16-,17-,18+,19+/m1/s1. The second-order valence-electron chi connectivity index (χ2n) is 11.1. The zero-order chi connectivity index (χ0) is 28.5. The number of hydrogen-bond donors (Lipinski definition) is 3. The summed E-state index contributed by atoms with van der Waals surface area (Å²) in [7, 11) is 0. The Morgan fingerprint density at radius 3 is 2.36 bits per heavy atom. The van der Waals surface area contributed by atoms with E-state index in [9.17, 15) is 46.4 Å². The van der Waals surface area contributed by atoms with Gasteiger partial charge in [-0.15, -0.1) is 0 Å². The quantitative estimate of drug-likeness (QED) is 0.391. The van der Waals surface area contributed by atoms with Crippen LogP contribution in [0.4, 0.5) is 22.0 Å². The average Bonchev–Trinajstić information content (AvgIpc) is 2.84. The van der Waals surface area contributed by atoms with Gasteiger partial charge in [0.1, 0.15) is 18.1 Å². The number of rotatable bonds is 8. The minimum absolute atomic E-state index is 0.0504. The van der Waals surface area contributed by atoms with E-state index in [0.29, 0.717) is 32.2 Å². The molecule has 0 radical (unpaired) electrons. The maximum absolute atomic E-state index is 15.0. The van der Waals surface area contributed by atoms with Gasteiger partial charge in [-0.1, -0.05) is 19.3 Å². The van der Waals surface area contributed by atoms with Crippen molar-refractivity contribution in [1.29, 1.82) is 5.26 Å². The second kappa shape index (κ2) is 11.3. The lowest BCUT2D eigenvalue weighted by Crippen LogP contribution is -2.71. The van der Waals surface area contributed by atoms with Crippen LogP contribution < -0.4 is 16.0 Å². The van der Waals surface area contributed by atoms with E-state index in [4.69, 9.17) is 0 Å². The van der Waals surface area contributed by atoms with E-state index in [0.717, 1.165) is 11.3 Å². The number of nitriles is 1. The number of carbonyl (C=O) groups is 4. The van der Waals surface area contributed by atoms with Crippen LogP contribution in [0.5, 0.6) is 0 Å². The third-order valence-electron chi connectivity index (χ3n) is 8.51. The first-order valence-electron chi connectivity index (χ1n) is 13.4. The number of hydrogen-bond acceptors (Lipinski definition) is 5. The molecule has 5 rings (SSSR count). The molecule has 2 saturated carbocycles. The van der Waals surface area contributed by atoms with Crippen LogP contribution >= 0.6 is 0 Å². The van der Waals surface area contributed by atoms with Crippen LogP contribution in [0.25, 0.3) is 0 Å². The van der Waals surface area contributed by atoms with Crippen LogP contribution in [0.1, 0.15) is 64.2 Å². The van der Waals surface area contributed by atoms with Gasteiger partial charge in [0.25, 0.3) is 5.92 Å². The zero-order valence-corrected chi connectivity index (χ0v) is 21.2. The topological polar surface area (TPSA) is 131 Å². The van der Waals surface area contributed by atoms with Crippen LogP contribution in [0, 0.1) is 29.1 Å². The summed E-state index contributed by atoms with van der Waals surface area (Å²) >= 11 is 0. The Morgan fingerprint density at radius 2 is 1.79 bits per heavy atom. The first-order valence-corrected chi connectivity index (χ1v) is 13.4. The van der Waals surface area contributed by atoms with Crippen LogP contribution in [0.15, 0.2) is 0 Å². The number of fused-ring (bicyclic) bond motifs is 3. The monoisotopic (exact) mass is 561 g/mol. The fourth-order valence-electron chi connectivity index (χ4n) is 6.27. The Hall–Kier alpha value is -2.98. The highest BCUT2D eigenvalue weighted by atomic mass is 19.4. The van der Waals surface area contributed by atoms with Crippen molar-refractivity contribution >= 4 is 23.6 Å². The van der Waals surface area contributed by atoms with E-state index >= 15 is 0 Å². The molecule has 5 fully saturated rings. The molecule has 39 heavy (non-hydrogen) atoms. The first kappa shape index (κ1) is 29.0. The summed E-state index contributed by atoms with van der Waals surface area (Å²) in [6.07, 6.45) is -2.84. The van der Waals surface area contributed by atoms with Crippen molar-refractivity contribution in [2.45, 2.75) is 100 Å². The van der Waals surface area contributed by atoms with E-state index in [1.54, 1.807) is 5.32 Å². The van der Waals surface area contributed by atoms with Gasteiger partial charge in [-0.3, -0.25) is 19.2 Å². The zero-order valence-electron chi connectivity index (χ0n) is 21.2. The fourth-order valence-corrected chi connectivity index (χ4v) is 6.27. The average molecular weight is 562 g/mol. The molecule has 0 aromatic carbocycles. The van der Waals surface area contributed by atoms with Crippen molar-refractivity contribution in [2.24, 2.45) is 17.8 Å². The molecule has 0 spiro atoms. The Labute approximate surface area is 222 Å². The summed E-state index contributed by atoms with van der Waals surface area (Å²) < 4.78 is 69.1. The van der Waals surface area contributed by atoms with Gasteiger partial charge in [-0.05, 0) is 44.4 Å². The number of carbonyl (C=O) groups excluding carboxylic acids is 4. The van der Waals surface area contributed by atoms with Gasteiger partial charge >= 0.3 is 12.1 Å². The summed E-state index contributed by atoms with van der Waals surface area (Å²) in [5.41, 5.74) is 0.